The van der Waals surface area contributed by atoms with Crippen LogP contribution in [0.25, 0.3) is 32.9 Å². The second-order valence-corrected chi connectivity index (χ2v) is 14.8. The molecule has 292 valence electrons. The van der Waals surface area contributed by atoms with Crippen molar-refractivity contribution >= 4 is 45.4 Å². The lowest BCUT2D eigenvalue weighted by atomic mass is 9.89. The van der Waals surface area contributed by atoms with Crippen LogP contribution in [-0.2, 0) is 36.0 Å². The molecule has 0 bridgehead atoms. The SMILES string of the molecule is C=C1/C=C\CC(N2CC(CC(OO[C@H]3C[C@H](Oc4ccc(-c5ccc6c7cnccc7n(C)c6c5)cn4)C3)C(F)(F)F)C2)C(=O)N(C2CCC(=O)NC2=O)C1=O. The fourth-order valence-electron chi connectivity index (χ4n) is 7.86. The van der Waals surface area contributed by atoms with Gasteiger partial charge in [-0.05, 0) is 48.9 Å². The van der Waals surface area contributed by atoms with Gasteiger partial charge >= 0.3 is 6.18 Å². The lowest BCUT2D eigenvalue weighted by molar-refractivity contribution is -0.411. The summed E-state index contributed by atoms with van der Waals surface area (Å²) in [4.78, 5) is 72.6. The van der Waals surface area contributed by atoms with Gasteiger partial charge in [0.05, 0.1) is 11.6 Å². The maximum Gasteiger partial charge on any atom is 0.417 e. The highest BCUT2D eigenvalue weighted by molar-refractivity contribution is 6.12. The summed E-state index contributed by atoms with van der Waals surface area (Å²) in [6.45, 7) is 3.97. The molecule has 56 heavy (non-hydrogen) atoms. The summed E-state index contributed by atoms with van der Waals surface area (Å²) < 4.78 is 50.3. The van der Waals surface area contributed by atoms with E-state index in [0.717, 1.165) is 37.8 Å². The molecular weight excluding hydrogens is 733 g/mol. The maximum atomic E-state index is 14.1. The third-order valence-electron chi connectivity index (χ3n) is 11.1. The first-order valence-corrected chi connectivity index (χ1v) is 18.5. The van der Waals surface area contributed by atoms with Gasteiger partial charge in [0, 0.05) is 91.5 Å². The molecule has 0 radical (unpaired) electrons. The minimum Gasteiger partial charge on any atom is -0.474 e. The topological polar surface area (TPSA) is 145 Å². The van der Waals surface area contributed by atoms with Crippen LogP contribution in [0.4, 0.5) is 13.2 Å². The number of halogens is 3. The van der Waals surface area contributed by atoms with Crippen molar-refractivity contribution in [2.24, 2.45) is 13.0 Å². The van der Waals surface area contributed by atoms with E-state index in [2.05, 4.69) is 38.6 Å². The zero-order chi connectivity index (χ0) is 39.3. The van der Waals surface area contributed by atoms with Crippen molar-refractivity contribution in [2.75, 3.05) is 13.1 Å². The highest BCUT2D eigenvalue weighted by Crippen LogP contribution is 2.37. The van der Waals surface area contributed by atoms with E-state index in [9.17, 15) is 32.3 Å². The highest BCUT2D eigenvalue weighted by Gasteiger charge is 2.49. The Morgan fingerprint density at radius 1 is 0.964 bits per heavy atom. The third-order valence-corrected chi connectivity index (χ3v) is 11.1. The number of hydrogen-bond donors (Lipinski definition) is 1. The molecule has 2 saturated heterocycles. The molecule has 3 unspecified atom stereocenters. The highest BCUT2D eigenvalue weighted by atomic mass is 19.4. The van der Waals surface area contributed by atoms with Gasteiger partial charge in [0.25, 0.3) is 5.91 Å². The van der Waals surface area contributed by atoms with Crippen LogP contribution in [-0.4, -0.2) is 97.6 Å². The van der Waals surface area contributed by atoms with Crippen LogP contribution in [0, 0.1) is 5.92 Å². The van der Waals surface area contributed by atoms with Gasteiger partial charge in [-0.3, -0.25) is 39.3 Å². The normalized spacial score (nSPS) is 25.1. The Balaban J connectivity index is 0.818. The number of nitrogens with one attached hydrogen (secondary N) is 1. The van der Waals surface area contributed by atoms with Gasteiger partial charge in [0.1, 0.15) is 18.2 Å². The minimum atomic E-state index is -4.70. The number of ether oxygens (including phenoxy) is 1. The first-order chi connectivity index (χ1) is 26.8. The number of amides is 4. The standard InChI is InChI=1S/C40H39F3N6O7/c1-22-4-3-5-32(39(53)49(38(22)52)31-9-10-35(50)46-37(31)51)48-20-23(21-48)14-34(40(41,42)43)56-55-27-16-26(17-27)54-36-11-7-25(18-45-36)24-6-8-28-29-19-44-13-12-30(29)47(2)33(28)15-24/h3-4,6-8,11-13,15,18-19,23,26-27,31-32,34H,1,5,9-10,14,16-17,20-21H2,2H3,(H,46,50,51)/b4-3-/t26-,27-,31?,32?,34?. The van der Waals surface area contributed by atoms with Gasteiger partial charge in [-0.2, -0.15) is 13.2 Å². The van der Waals surface area contributed by atoms with Crippen LogP contribution in [0.3, 0.4) is 0 Å². The van der Waals surface area contributed by atoms with Gasteiger partial charge in [-0.1, -0.05) is 30.9 Å². The van der Waals surface area contributed by atoms with Crippen molar-refractivity contribution in [1.82, 2.24) is 29.7 Å². The number of benzene rings is 1. The number of alkyl halides is 3. The number of fused-ring (bicyclic) bond motifs is 3. The average molecular weight is 773 g/mol. The van der Waals surface area contributed by atoms with Crippen molar-refractivity contribution in [3.63, 3.8) is 0 Å². The van der Waals surface area contributed by atoms with Crippen LogP contribution in [0.1, 0.15) is 38.5 Å². The molecule has 1 aromatic carbocycles. The summed E-state index contributed by atoms with van der Waals surface area (Å²) in [6, 6.07) is 9.79. The summed E-state index contributed by atoms with van der Waals surface area (Å²) in [5, 5.41) is 4.35. The summed E-state index contributed by atoms with van der Waals surface area (Å²) in [6.07, 6.45) is 0.993. The number of rotatable bonds is 10. The number of imide groups is 2. The monoisotopic (exact) mass is 772 g/mol. The largest absolute Gasteiger partial charge is 0.474 e. The van der Waals surface area contributed by atoms with Gasteiger partial charge < -0.3 is 9.30 Å². The van der Waals surface area contributed by atoms with Gasteiger partial charge in [-0.15, -0.1) is 0 Å². The number of aryl methyl sites for hydroxylation is 1. The fourth-order valence-corrected chi connectivity index (χ4v) is 7.86. The molecule has 3 aliphatic heterocycles. The summed E-state index contributed by atoms with van der Waals surface area (Å²) in [7, 11) is 2.02. The number of nitrogens with zero attached hydrogens (tertiary/aromatic N) is 5. The molecule has 1 N–H and O–H groups in total. The Kier molecular flexibility index (Phi) is 9.97. The first kappa shape index (κ1) is 37.5. The van der Waals surface area contributed by atoms with Crippen molar-refractivity contribution in [3.8, 4) is 17.0 Å². The van der Waals surface area contributed by atoms with E-state index in [4.69, 9.17) is 14.5 Å². The van der Waals surface area contributed by atoms with E-state index in [1.807, 2.05) is 31.4 Å². The van der Waals surface area contributed by atoms with Crippen molar-refractivity contribution in [3.05, 3.63) is 79.3 Å². The second kappa shape index (κ2) is 14.9. The molecule has 8 rings (SSSR count). The van der Waals surface area contributed by atoms with Crippen LogP contribution < -0.4 is 10.1 Å². The first-order valence-electron chi connectivity index (χ1n) is 18.5. The number of hydrogen-bond acceptors (Lipinski definition) is 10. The van der Waals surface area contributed by atoms with E-state index in [-0.39, 0.29) is 44.0 Å². The predicted octanol–water partition coefficient (Wildman–Crippen LogP) is 4.94. The van der Waals surface area contributed by atoms with E-state index < -0.39 is 66.4 Å². The smallest absolute Gasteiger partial charge is 0.417 e. The van der Waals surface area contributed by atoms with E-state index >= 15 is 0 Å². The Morgan fingerprint density at radius 3 is 2.48 bits per heavy atom. The molecule has 4 aliphatic rings. The molecule has 4 amide bonds. The summed E-state index contributed by atoms with van der Waals surface area (Å²) in [5.41, 5.74) is 4.06. The van der Waals surface area contributed by atoms with E-state index in [0.29, 0.717) is 18.7 Å². The zero-order valence-corrected chi connectivity index (χ0v) is 30.4. The number of likely N-dealkylation sites (tertiary alicyclic amines) is 1. The lowest BCUT2D eigenvalue weighted by Crippen LogP contribution is -2.63. The number of carbonyl (C=O) groups excluding carboxylic acids is 4. The Bertz CT molecular complexity index is 2240. The maximum absolute atomic E-state index is 14.1. The Hall–Kier alpha value is -5.45. The lowest BCUT2D eigenvalue weighted by Gasteiger charge is -2.46. The molecule has 16 heteroatoms. The van der Waals surface area contributed by atoms with E-state index in [1.54, 1.807) is 29.4 Å². The van der Waals surface area contributed by atoms with Crippen LogP contribution in [0.5, 0.6) is 5.88 Å². The minimum absolute atomic E-state index is 0.00762. The van der Waals surface area contributed by atoms with Crippen LogP contribution >= 0.6 is 0 Å². The average Bonchev–Trinajstić information content (AvgIpc) is 3.42. The molecule has 0 spiro atoms. The number of aromatic nitrogens is 3. The van der Waals surface area contributed by atoms with Gasteiger partial charge in [0.2, 0.25) is 23.6 Å². The van der Waals surface area contributed by atoms with E-state index in [1.165, 1.54) is 6.08 Å². The molecule has 6 heterocycles. The summed E-state index contributed by atoms with van der Waals surface area (Å²) >= 11 is 0. The molecule has 3 aromatic heterocycles. The molecular formula is C40H39F3N6O7. The number of carbonyl (C=O) groups is 4. The zero-order valence-electron chi connectivity index (χ0n) is 30.4. The van der Waals surface area contributed by atoms with Crippen molar-refractivity contribution < 1.29 is 46.9 Å². The molecule has 1 aliphatic carbocycles. The third kappa shape index (κ3) is 7.31. The number of piperidine rings is 1. The second-order valence-electron chi connectivity index (χ2n) is 14.8. The predicted molar refractivity (Wildman–Crippen MR) is 195 cm³/mol. The number of pyridine rings is 2. The summed E-state index contributed by atoms with van der Waals surface area (Å²) in [5.74, 6) is -2.76. The molecule has 13 nitrogen and oxygen atoms in total. The van der Waals surface area contributed by atoms with Gasteiger partial charge in [0.15, 0.2) is 6.10 Å². The molecule has 3 fully saturated rings. The molecule has 3 atom stereocenters. The molecule has 4 aromatic rings. The van der Waals surface area contributed by atoms with Gasteiger partial charge in [-0.25, -0.2) is 14.8 Å². The van der Waals surface area contributed by atoms with Crippen molar-refractivity contribution in [2.45, 2.75) is 75.1 Å². The van der Waals surface area contributed by atoms with Crippen LogP contribution in [0.2, 0.25) is 0 Å². The Labute approximate surface area is 319 Å². The fraction of sp³-hybridized carbons (Fsp3) is 0.400. The Morgan fingerprint density at radius 2 is 1.75 bits per heavy atom. The quantitative estimate of drug-likeness (QED) is 0.102. The van der Waals surface area contributed by atoms with Crippen LogP contribution in [0.15, 0.2) is 79.3 Å². The molecule has 1 saturated carbocycles. The van der Waals surface area contributed by atoms with Crippen molar-refractivity contribution in [1.29, 1.82) is 0 Å².